The Balaban J connectivity index is 1.28. The van der Waals surface area contributed by atoms with Gasteiger partial charge in [0.15, 0.2) is 0 Å². The summed E-state index contributed by atoms with van der Waals surface area (Å²) >= 11 is 0. The standard InChI is InChI=1S/C28H35FN4O4/c1-31(2)27(36)37-25-11-5-20(17-30-25)19-4-10-24(23(29)16-19)32-14-3-12-28(18-32)13-15-33(26(28)35)21-6-8-22(34)9-7-21/h4-5,10-11,16-17,21-22,34H,3,6-9,12-15,18H2,1-2H3/t21-,22+,28-/m0/s1. The van der Waals surface area contributed by atoms with E-state index in [0.29, 0.717) is 29.9 Å². The fraction of sp³-hybridized carbons (Fsp3) is 0.536. The number of pyridine rings is 1. The number of hydrogen-bond acceptors (Lipinski definition) is 6. The maximum atomic E-state index is 15.4. The van der Waals surface area contributed by atoms with Crippen molar-refractivity contribution in [2.24, 2.45) is 5.41 Å². The van der Waals surface area contributed by atoms with Crippen LogP contribution in [0, 0.1) is 11.2 Å². The van der Waals surface area contributed by atoms with E-state index < -0.39 is 11.5 Å². The first kappa shape index (κ1) is 25.4. The molecule has 0 radical (unpaired) electrons. The smallest absolute Gasteiger partial charge is 0.393 e. The summed E-state index contributed by atoms with van der Waals surface area (Å²) in [5, 5.41) is 9.85. The molecule has 1 N–H and O–H groups in total. The van der Waals surface area contributed by atoms with Gasteiger partial charge in [-0.05, 0) is 68.7 Å². The predicted octanol–water partition coefficient (Wildman–Crippen LogP) is 4.07. The lowest BCUT2D eigenvalue weighted by Gasteiger charge is -2.41. The molecule has 1 atom stereocenters. The minimum absolute atomic E-state index is 0.179. The van der Waals surface area contributed by atoms with E-state index in [9.17, 15) is 14.7 Å². The summed E-state index contributed by atoms with van der Waals surface area (Å²) < 4.78 is 20.5. The van der Waals surface area contributed by atoms with E-state index in [0.717, 1.165) is 51.5 Å². The molecule has 2 saturated heterocycles. The van der Waals surface area contributed by atoms with E-state index in [1.807, 2.05) is 15.9 Å². The molecule has 1 aromatic heterocycles. The number of carbonyl (C=O) groups is 2. The number of aromatic nitrogens is 1. The van der Waals surface area contributed by atoms with Gasteiger partial charge in [0.2, 0.25) is 11.8 Å². The van der Waals surface area contributed by atoms with Gasteiger partial charge in [0.25, 0.3) is 0 Å². The number of likely N-dealkylation sites (tertiary alicyclic amines) is 1. The predicted molar refractivity (Wildman–Crippen MR) is 138 cm³/mol. The molecule has 1 spiro atoms. The quantitative estimate of drug-likeness (QED) is 0.668. The molecule has 37 heavy (non-hydrogen) atoms. The Hall–Kier alpha value is -3.20. The van der Waals surface area contributed by atoms with Crippen LogP contribution in [0.25, 0.3) is 11.1 Å². The van der Waals surface area contributed by atoms with Crippen LogP contribution in [0.4, 0.5) is 14.9 Å². The van der Waals surface area contributed by atoms with Crippen molar-refractivity contribution in [2.75, 3.05) is 38.6 Å². The highest BCUT2D eigenvalue weighted by atomic mass is 19.1. The van der Waals surface area contributed by atoms with Crippen molar-refractivity contribution < 1.29 is 23.8 Å². The number of aliphatic hydroxyl groups is 1. The van der Waals surface area contributed by atoms with Crippen LogP contribution in [0.2, 0.25) is 0 Å². The summed E-state index contributed by atoms with van der Waals surface area (Å²) in [7, 11) is 3.18. The molecule has 1 aromatic carbocycles. The first-order valence-electron chi connectivity index (χ1n) is 13.1. The fourth-order valence-corrected chi connectivity index (χ4v) is 6.02. The van der Waals surface area contributed by atoms with Crippen LogP contribution in [-0.4, -0.2) is 77.8 Å². The number of benzene rings is 1. The minimum Gasteiger partial charge on any atom is -0.393 e. The summed E-state index contributed by atoms with van der Waals surface area (Å²) in [6, 6.07) is 8.68. The molecule has 198 valence electrons. The van der Waals surface area contributed by atoms with Crippen LogP contribution in [0.3, 0.4) is 0 Å². The van der Waals surface area contributed by atoms with Crippen LogP contribution < -0.4 is 9.64 Å². The SMILES string of the molecule is CN(C)C(=O)Oc1ccc(-c2ccc(N3CCC[C@]4(CCN([C@H]5CC[C@@H](O)CC5)C4=O)C3)c(F)c2)cn1. The molecule has 3 heterocycles. The summed E-state index contributed by atoms with van der Waals surface area (Å²) in [5.41, 5.74) is 1.45. The number of hydrogen-bond donors (Lipinski definition) is 1. The maximum Gasteiger partial charge on any atom is 0.416 e. The molecule has 2 aliphatic heterocycles. The van der Waals surface area contributed by atoms with E-state index in [1.165, 1.54) is 11.0 Å². The van der Waals surface area contributed by atoms with Crippen LogP contribution in [0.5, 0.6) is 5.88 Å². The van der Waals surface area contributed by atoms with Gasteiger partial charge in [-0.2, -0.15) is 0 Å². The molecule has 3 fully saturated rings. The van der Waals surface area contributed by atoms with Gasteiger partial charge in [0.1, 0.15) is 5.82 Å². The van der Waals surface area contributed by atoms with Crippen LogP contribution in [0.1, 0.15) is 44.9 Å². The number of carbonyl (C=O) groups excluding carboxylic acids is 2. The van der Waals surface area contributed by atoms with E-state index in [-0.39, 0.29) is 29.8 Å². The molecular formula is C28H35FN4O4. The molecule has 0 bridgehead atoms. The lowest BCUT2D eigenvalue weighted by atomic mass is 9.78. The molecule has 2 amide bonds. The largest absolute Gasteiger partial charge is 0.416 e. The maximum absolute atomic E-state index is 15.4. The van der Waals surface area contributed by atoms with Crippen molar-refractivity contribution in [1.29, 1.82) is 0 Å². The topological polar surface area (TPSA) is 86.2 Å². The Labute approximate surface area is 217 Å². The Kier molecular flexibility index (Phi) is 7.07. The van der Waals surface area contributed by atoms with E-state index in [4.69, 9.17) is 4.74 Å². The zero-order chi connectivity index (χ0) is 26.2. The Morgan fingerprint density at radius 1 is 1.11 bits per heavy atom. The van der Waals surface area contributed by atoms with Crippen molar-refractivity contribution in [2.45, 2.75) is 57.1 Å². The third kappa shape index (κ3) is 5.14. The number of amides is 2. The summed E-state index contributed by atoms with van der Waals surface area (Å²) in [6.07, 6.45) is 6.51. The third-order valence-electron chi connectivity index (χ3n) is 8.14. The normalized spacial score (nSPS) is 26.0. The number of nitrogens with zero attached hydrogens (tertiary/aromatic N) is 4. The van der Waals surface area contributed by atoms with Crippen LogP contribution >= 0.6 is 0 Å². The number of aliphatic hydroxyl groups excluding tert-OH is 1. The van der Waals surface area contributed by atoms with Gasteiger partial charge >= 0.3 is 6.09 Å². The zero-order valence-electron chi connectivity index (χ0n) is 21.5. The van der Waals surface area contributed by atoms with E-state index >= 15 is 4.39 Å². The van der Waals surface area contributed by atoms with Gasteiger partial charge in [0.05, 0.1) is 17.2 Å². The highest BCUT2D eigenvalue weighted by Gasteiger charge is 2.50. The fourth-order valence-electron chi connectivity index (χ4n) is 6.02. The Morgan fingerprint density at radius 2 is 1.86 bits per heavy atom. The average molecular weight is 511 g/mol. The Bertz CT molecular complexity index is 1150. The Morgan fingerprint density at radius 3 is 2.54 bits per heavy atom. The lowest BCUT2D eigenvalue weighted by Crippen LogP contribution is -2.50. The number of piperidine rings is 1. The molecule has 9 heteroatoms. The molecule has 0 unspecified atom stereocenters. The van der Waals surface area contributed by atoms with Crippen LogP contribution in [0.15, 0.2) is 36.5 Å². The zero-order valence-corrected chi connectivity index (χ0v) is 21.5. The second-order valence-electron chi connectivity index (χ2n) is 10.8. The third-order valence-corrected chi connectivity index (χ3v) is 8.14. The minimum atomic E-state index is -0.517. The second kappa shape index (κ2) is 10.3. The van der Waals surface area contributed by atoms with E-state index in [2.05, 4.69) is 4.98 Å². The highest BCUT2D eigenvalue weighted by molar-refractivity contribution is 5.86. The van der Waals surface area contributed by atoms with Gasteiger partial charge in [-0.25, -0.2) is 14.2 Å². The van der Waals surface area contributed by atoms with Crippen molar-refractivity contribution in [3.8, 4) is 17.0 Å². The molecule has 1 saturated carbocycles. The van der Waals surface area contributed by atoms with Crippen molar-refractivity contribution in [3.63, 3.8) is 0 Å². The molecule has 1 aliphatic carbocycles. The lowest BCUT2D eigenvalue weighted by molar-refractivity contribution is -0.139. The van der Waals surface area contributed by atoms with Gasteiger partial charge in [-0.3, -0.25) is 4.79 Å². The number of halogens is 1. The highest BCUT2D eigenvalue weighted by Crippen LogP contribution is 2.44. The van der Waals surface area contributed by atoms with E-state index in [1.54, 1.807) is 38.5 Å². The van der Waals surface area contributed by atoms with Crippen molar-refractivity contribution >= 4 is 17.7 Å². The molecule has 5 rings (SSSR count). The summed E-state index contributed by atoms with van der Waals surface area (Å²) in [5.74, 6) is 0.0517. The number of anilines is 1. The van der Waals surface area contributed by atoms with Gasteiger partial charge < -0.3 is 24.5 Å². The molecular weight excluding hydrogens is 475 g/mol. The second-order valence-corrected chi connectivity index (χ2v) is 10.8. The van der Waals surface area contributed by atoms with Crippen molar-refractivity contribution in [3.05, 3.63) is 42.3 Å². The molecule has 3 aliphatic rings. The van der Waals surface area contributed by atoms with Crippen LogP contribution in [-0.2, 0) is 4.79 Å². The van der Waals surface area contributed by atoms with Crippen molar-refractivity contribution in [1.82, 2.24) is 14.8 Å². The molecule has 2 aromatic rings. The van der Waals surface area contributed by atoms with Gasteiger partial charge in [-0.15, -0.1) is 0 Å². The first-order chi connectivity index (χ1) is 17.8. The monoisotopic (exact) mass is 510 g/mol. The number of rotatable bonds is 4. The molecule has 8 nitrogen and oxygen atoms in total. The first-order valence-corrected chi connectivity index (χ1v) is 13.1. The van der Waals surface area contributed by atoms with Gasteiger partial charge in [0, 0.05) is 57.6 Å². The number of ether oxygens (including phenoxy) is 1. The summed E-state index contributed by atoms with van der Waals surface area (Å²) in [6.45, 7) is 2.00. The summed E-state index contributed by atoms with van der Waals surface area (Å²) in [4.78, 5) is 34.8. The van der Waals surface area contributed by atoms with Gasteiger partial charge in [-0.1, -0.05) is 6.07 Å². The average Bonchev–Trinajstić information content (AvgIpc) is 3.19.